The standard InChI is InChI=1S/C19H25N3OS2/c23-19(17-7-3-12-24-17)22-9-4-8-21(10-11-22)14-16-13-20-18(25-16)15-5-1-2-6-15/h3,7,12-13,15H,1-2,4-6,8-11,14H2. The van der Waals surface area contributed by atoms with Gasteiger partial charge in [-0.3, -0.25) is 9.69 Å². The molecule has 0 radical (unpaired) electrons. The fourth-order valence-corrected chi connectivity index (χ4v) is 5.69. The molecule has 0 N–H and O–H groups in total. The molecule has 2 aliphatic rings. The van der Waals surface area contributed by atoms with Crippen molar-refractivity contribution < 1.29 is 4.79 Å². The number of hydrogen-bond acceptors (Lipinski definition) is 5. The molecule has 2 aromatic rings. The Labute approximate surface area is 157 Å². The number of carbonyl (C=O) groups excluding carboxylic acids is 1. The Bertz CT molecular complexity index is 691. The summed E-state index contributed by atoms with van der Waals surface area (Å²) in [6.07, 6.45) is 8.48. The first-order chi connectivity index (χ1) is 12.3. The van der Waals surface area contributed by atoms with E-state index in [1.807, 2.05) is 33.7 Å². The largest absolute Gasteiger partial charge is 0.337 e. The third-order valence-electron chi connectivity index (χ3n) is 5.26. The van der Waals surface area contributed by atoms with Crippen molar-refractivity contribution in [3.8, 4) is 0 Å². The third kappa shape index (κ3) is 4.13. The topological polar surface area (TPSA) is 36.4 Å². The van der Waals surface area contributed by atoms with Crippen LogP contribution in [-0.4, -0.2) is 46.9 Å². The molecule has 4 nitrogen and oxygen atoms in total. The van der Waals surface area contributed by atoms with Gasteiger partial charge in [0, 0.05) is 49.7 Å². The molecular weight excluding hydrogens is 350 g/mol. The molecule has 2 aromatic heterocycles. The molecule has 0 bridgehead atoms. The van der Waals surface area contributed by atoms with E-state index in [1.165, 1.54) is 46.9 Å². The van der Waals surface area contributed by atoms with Crippen molar-refractivity contribution in [2.75, 3.05) is 26.2 Å². The van der Waals surface area contributed by atoms with E-state index < -0.39 is 0 Å². The monoisotopic (exact) mass is 375 g/mol. The van der Waals surface area contributed by atoms with Crippen LogP contribution in [0.1, 0.15) is 57.6 Å². The molecular formula is C19H25N3OS2. The van der Waals surface area contributed by atoms with Gasteiger partial charge in [0.05, 0.1) is 9.88 Å². The number of nitrogens with zero attached hydrogens (tertiary/aromatic N) is 3. The molecule has 3 heterocycles. The van der Waals surface area contributed by atoms with Gasteiger partial charge in [-0.25, -0.2) is 4.98 Å². The van der Waals surface area contributed by atoms with E-state index in [0.717, 1.165) is 44.0 Å². The first-order valence-corrected chi connectivity index (χ1v) is 11.0. The van der Waals surface area contributed by atoms with Crippen LogP contribution < -0.4 is 0 Å². The summed E-state index contributed by atoms with van der Waals surface area (Å²) in [6.45, 7) is 4.68. The van der Waals surface area contributed by atoms with Crippen molar-refractivity contribution >= 4 is 28.6 Å². The minimum Gasteiger partial charge on any atom is -0.337 e. The summed E-state index contributed by atoms with van der Waals surface area (Å²) in [7, 11) is 0. The van der Waals surface area contributed by atoms with Crippen molar-refractivity contribution in [2.24, 2.45) is 0 Å². The molecule has 1 saturated heterocycles. The highest BCUT2D eigenvalue weighted by atomic mass is 32.1. The first kappa shape index (κ1) is 17.2. The molecule has 4 rings (SSSR count). The van der Waals surface area contributed by atoms with Crippen LogP contribution in [0.25, 0.3) is 0 Å². The molecule has 1 aliphatic heterocycles. The van der Waals surface area contributed by atoms with Crippen LogP contribution in [0.5, 0.6) is 0 Å². The fourth-order valence-electron chi connectivity index (χ4n) is 3.87. The van der Waals surface area contributed by atoms with Gasteiger partial charge < -0.3 is 4.90 Å². The van der Waals surface area contributed by atoms with Crippen LogP contribution in [0, 0.1) is 0 Å². The lowest BCUT2D eigenvalue weighted by atomic mass is 10.1. The van der Waals surface area contributed by atoms with Gasteiger partial charge in [-0.05, 0) is 30.7 Å². The van der Waals surface area contributed by atoms with Crippen molar-refractivity contribution in [1.82, 2.24) is 14.8 Å². The van der Waals surface area contributed by atoms with Crippen LogP contribution in [0.15, 0.2) is 23.7 Å². The van der Waals surface area contributed by atoms with E-state index in [2.05, 4.69) is 11.1 Å². The summed E-state index contributed by atoms with van der Waals surface area (Å²) in [5.74, 6) is 0.903. The van der Waals surface area contributed by atoms with Crippen LogP contribution >= 0.6 is 22.7 Å². The highest BCUT2D eigenvalue weighted by molar-refractivity contribution is 7.12. The van der Waals surface area contributed by atoms with Gasteiger partial charge >= 0.3 is 0 Å². The zero-order chi connectivity index (χ0) is 17.1. The van der Waals surface area contributed by atoms with Crippen molar-refractivity contribution in [3.63, 3.8) is 0 Å². The molecule has 134 valence electrons. The van der Waals surface area contributed by atoms with Crippen LogP contribution in [0.2, 0.25) is 0 Å². The fraction of sp³-hybridized carbons (Fsp3) is 0.579. The molecule has 0 aromatic carbocycles. The van der Waals surface area contributed by atoms with Gasteiger partial charge in [0.25, 0.3) is 5.91 Å². The molecule has 0 spiro atoms. The lowest BCUT2D eigenvalue weighted by molar-refractivity contribution is 0.0766. The van der Waals surface area contributed by atoms with E-state index >= 15 is 0 Å². The minimum absolute atomic E-state index is 0.193. The Balaban J connectivity index is 1.33. The SMILES string of the molecule is O=C(c1cccs1)N1CCCN(Cc2cnc(C3CCCC3)s2)CC1. The number of rotatable bonds is 4. The Morgan fingerprint density at radius 2 is 2.04 bits per heavy atom. The molecule has 0 unspecified atom stereocenters. The first-order valence-electron chi connectivity index (χ1n) is 9.29. The number of carbonyl (C=O) groups is 1. The van der Waals surface area contributed by atoms with Gasteiger partial charge in [0.2, 0.25) is 0 Å². The second-order valence-corrected chi connectivity index (χ2v) is 9.14. The Morgan fingerprint density at radius 3 is 2.84 bits per heavy atom. The highest BCUT2D eigenvalue weighted by Gasteiger charge is 2.23. The predicted octanol–water partition coefficient (Wildman–Crippen LogP) is 4.21. The number of thiophene rings is 1. The molecule has 6 heteroatoms. The van der Waals surface area contributed by atoms with Gasteiger partial charge in [0.15, 0.2) is 0 Å². The van der Waals surface area contributed by atoms with Crippen molar-refractivity contribution in [2.45, 2.75) is 44.6 Å². The van der Waals surface area contributed by atoms with Gasteiger partial charge in [-0.1, -0.05) is 18.9 Å². The van der Waals surface area contributed by atoms with Crippen molar-refractivity contribution in [3.05, 3.63) is 38.5 Å². The number of amides is 1. The predicted molar refractivity (Wildman–Crippen MR) is 103 cm³/mol. The number of hydrogen-bond donors (Lipinski definition) is 0. The van der Waals surface area contributed by atoms with Gasteiger partial charge in [-0.2, -0.15) is 0 Å². The molecule has 0 atom stereocenters. The Morgan fingerprint density at radius 1 is 1.16 bits per heavy atom. The second-order valence-electron chi connectivity index (χ2n) is 7.05. The Hall–Kier alpha value is -1.24. The average Bonchev–Trinajstić information content (AvgIpc) is 3.36. The maximum atomic E-state index is 12.5. The van der Waals surface area contributed by atoms with Gasteiger partial charge in [-0.15, -0.1) is 22.7 Å². The van der Waals surface area contributed by atoms with E-state index in [1.54, 1.807) is 0 Å². The van der Waals surface area contributed by atoms with E-state index in [0.29, 0.717) is 5.92 Å². The minimum atomic E-state index is 0.193. The summed E-state index contributed by atoms with van der Waals surface area (Å²) < 4.78 is 0. The molecule has 1 amide bonds. The quantitative estimate of drug-likeness (QED) is 0.803. The van der Waals surface area contributed by atoms with E-state index in [-0.39, 0.29) is 5.91 Å². The summed E-state index contributed by atoms with van der Waals surface area (Å²) in [4.78, 5) is 24.0. The average molecular weight is 376 g/mol. The Kier molecular flexibility index (Phi) is 5.48. The van der Waals surface area contributed by atoms with Crippen LogP contribution in [-0.2, 0) is 6.54 Å². The molecule has 25 heavy (non-hydrogen) atoms. The molecule has 1 saturated carbocycles. The second kappa shape index (κ2) is 7.98. The number of thiazole rings is 1. The van der Waals surface area contributed by atoms with E-state index in [9.17, 15) is 4.79 Å². The summed E-state index contributed by atoms with van der Waals surface area (Å²) >= 11 is 3.44. The summed E-state index contributed by atoms with van der Waals surface area (Å²) in [5, 5.41) is 3.32. The molecule has 2 fully saturated rings. The zero-order valence-electron chi connectivity index (χ0n) is 14.5. The van der Waals surface area contributed by atoms with Crippen LogP contribution in [0.4, 0.5) is 0 Å². The summed E-state index contributed by atoms with van der Waals surface area (Å²) in [5.41, 5.74) is 0. The lowest BCUT2D eigenvalue weighted by Crippen LogP contribution is -2.34. The lowest BCUT2D eigenvalue weighted by Gasteiger charge is -2.21. The zero-order valence-corrected chi connectivity index (χ0v) is 16.2. The molecule has 1 aliphatic carbocycles. The normalized spacial score (nSPS) is 20.1. The third-order valence-corrected chi connectivity index (χ3v) is 7.27. The highest BCUT2D eigenvalue weighted by Crippen LogP contribution is 2.36. The maximum absolute atomic E-state index is 12.5. The summed E-state index contributed by atoms with van der Waals surface area (Å²) in [6, 6.07) is 3.88. The van der Waals surface area contributed by atoms with Gasteiger partial charge in [0.1, 0.15) is 0 Å². The smallest absolute Gasteiger partial charge is 0.263 e. The van der Waals surface area contributed by atoms with Crippen molar-refractivity contribution in [1.29, 1.82) is 0 Å². The van der Waals surface area contributed by atoms with E-state index in [4.69, 9.17) is 4.98 Å². The number of aromatic nitrogens is 1. The van der Waals surface area contributed by atoms with Crippen LogP contribution in [0.3, 0.4) is 0 Å². The maximum Gasteiger partial charge on any atom is 0.263 e.